The monoisotopic (exact) mass is 355 g/mol. The summed E-state index contributed by atoms with van der Waals surface area (Å²) >= 11 is 0. The Kier molecular flexibility index (Phi) is 4.75. The molecule has 0 amide bonds. The summed E-state index contributed by atoms with van der Waals surface area (Å²) in [5, 5.41) is 3.20. The van der Waals surface area contributed by atoms with Crippen LogP contribution in [0.1, 0.15) is 35.1 Å². The van der Waals surface area contributed by atoms with Crippen LogP contribution < -0.4 is 15.8 Å². The lowest BCUT2D eigenvalue weighted by molar-refractivity contribution is -0.0172. The molecular formula is C20H22FN3O2. The smallest absolute Gasteiger partial charge is 0.193 e. The number of nitrogens with two attached hydrogens (primary N) is 1. The number of ether oxygens (including phenoxy) is 2. The molecule has 0 fully saturated rings. The molecule has 3 N–H and O–H groups in total. The number of aliphatic imine (C=N–C) groups is 1. The molecule has 1 aliphatic carbocycles. The number of hydrogen-bond donors (Lipinski definition) is 2. The molecule has 136 valence electrons. The van der Waals surface area contributed by atoms with Crippen LogP contribution in [0.3, 0.4) is 0 Å². The highest BCUT2D eigenvalue weighted by molar-refractivity contribution is 5.93. The summed E-state index contributed by atoms with van der Waals surface area (Å²) in [6.45, 7) is 0.751. The normalized spacial score (nSPS) is 16.4. The van der Waals surface area contributed by atoms with Gasteiger partial charge in [-0.05, 0) is 55.0 Å². The maximum atomic E-state index is 13.8. The predicted octanol–water partition coefficient (Wildman–Crippen LogP) is 3.50. The van der Waals surface area contributed by atoms with Gasteiger partial charge >= 0.3 is 0 Å². The molecule has 4 rings (SSSR count). The Morgan fingerprint density at radius 3 is 3.00 bits per heavy atom. The highest BCUT2D eigenvalue weighted by atomic mass is 19.1. The van der Waals surface area contributed by atoms with Gasteiger partial charge in [0.05, 0.1) is 13.2 Å². The van der Waals surface area contributed by atoms with Gasteiger partial charge < -0.3 is 20.5 Å². The van der Waals surface area contributed by atoms with Crippen molar-refractivity contribution in [2.75, 3.05) is 12.1 Å². The third-order valence-corrected chi connectivity index (χ3v) is 4.83. The minimum absolute atomic E-state index is 0.166. The number of anilines is 1. The summed E-state index contributed by atoms with van der Waals surface area (Å²) in [7, 11) is 0. The lowest BCUT2D eigenvalue weighted by Gasteiger charge is -2.21. The Morgan fingerprint density at radius 1 is 1.19 bits per heavy atom. The van der Waals surface area contributed by atoms with Crippen molar-refractivity contribution < 1.29 is 13.9 Å². The molecule has 0 saturated heterocycles. The molecule has 26 heavy (non-hydrogen) atoms. The summed E-state index contributed by atoms with van der Waals surface area (Å²) < 4.78 is 24.5. The lowest BCUT2D eigenvalue weighted by Crippen LogP contribution is -2.24. The Morgan fingerprint density at radius 2 is 2.08 bits per heavy atom. The quantitative estimate of drug-likeness (QED) is 0.653. The van der Waals surface area contributed by atoms with Crippen molar-refractivity contribution in [2.24, 2.45) is 10.7 Å². The number of aryl methyl sites for hydroxylation is 1. The van der Waals surface area contributed by atoms with Gasteiger partial charge in [0.15, 0.2) is 12.8 Å². The summed E-state index contributed by atoms with van der Waals surface area (Å²) in [4.78, 5) is 4.38. The van der Waals surface area contributed by atoms with Crippen molar-refractivity contribution in [3.63, 3.8) is 0 Å². The van der Waals surface area contributed by atoms with Gasteiger partial charge in [0.2, 0.25) is 0 Å². The van der Waals surface area contributed by atoms with E-state index in [1.165, 1.54) is 36.1 Å². The van der Waals surface area contributed by atoms with Crippen molar-refractivity contribution in [2.45, 2.75) is 38.8 Å². The molecule has 2 aliphatic rings. The molecule has 6 heteroatoms. The second-order valence-electron chi connectivity index (χ2n) is 6.64. The Hall–Kier alpha value is -2.60. The van der Waals surface area contributed by atoms with E-state index in [-0.39, 0.29) is 19.2 Å². The number of halogens is 1. The van der Waals surface area contributed by atoms with E-state index in [0.29, 0.717) is 29.4 Å². The van der Waals surface area contributed by atoms with Crippen molar-refractivity contribution in [1.29, 1.82) is 0 Å². The van der Waals surface area contributed by atoms with Gasteiger partial charge in [0, 0.05) is 16.8 Å². The van der Waals surface area contributed by atoms with Crippen molar-refractivity contribution in [3.8, 4) is 5.75 Å². The Labute approximate surface area is 152 Å². The zero-order valence-electron chi connectivity index (χ0n) is 14.6. The van der Waals surface area contributed by atoms with Crippen molar-refractivity contribution in [3.05, 3.63) is 58.4 Å². The van der Waals surface area contributed by atoms with E-state index >= 15 is 0 Å². The molecule has 5 nitrogen and oxygen atoms in total. The van der Waals surface area contributed by atoms with Crippen LogP contribution in [0.4, 0.5) is 10.1 Å². The minimum Gasteiger partial charge on any atom is -0.467 e. The first-order valence-corrected chi connectivity index (χ1v) is 8.90. The van der Waals surface area contributed by atoms with Gasteiger partial charge in [-0.3, -0.25) is 0 Å². The fourth-order valence-electron chi connectivity index (χ4n) is 3.62. The Balaban J connectivity index is 1.52. The standard InChI is InChI=1S/C20H22FN3O2/c21-16-8-14(19-15(9-16)11-25-12-26-19)10-23-20(22)24-18-7-3-5-13-4-1-2-6-17(13)18/h3,5,7-9H,1-2,4,6,10-12H2,(H3,22,23,24). The van der Waals surface area contributed by atoms with E-state index in [0.717, 1.165) is 18.5 Å². The third-order valence-electron chi connectivity index (χ3n) is 4.83. The van der Waals surface area contributed by atoms with Gasteiger partial charge in [-0.25, -0.2) is 9.38 Å². The molecule has 1 aliphatic heterocycles. The number of nitrogens with zero attached hydrogens (tertiary/aromatic N) is 1. The molecule has 0 saturated carbocycles. The zero-order chi connectivity index (χ0) is 17.9. The van der Waals surface area contributed by atoms with E-state index in [1.807, 2.05) is 12.1 Å². The molecule has 0 bridgehead atoms. The van der Waals surface area contributed by atoms with E-state index in [4.69, 9.17) is 15.2 Å². The van der Waals surface area contributed by atoms with Crippen LogP contribution in [0, 0.1) is 5.82 Å². The summed E-state index contributed by atoms with van der Waals surface area (Å²) in [6, 6.07) is 9.10. The largest absolute Gasteiger partial charge is 0.467 e. The van der Waals surface area contributed by atoms with Gasteiger partial charge in [-0.15, -0.1) is 0 Å². The maximum absolute atomic E-state index is 13.8. The van der Waals surface area contributed by atoms with Crippen LogP contribution in [0.5, 0.6) is 5.75 Å². The first-order valence-electron chi connectivity index (χ1n) is 8.90. The molecule has 2 aromatic rings. The molecule has 0 aromatic heterocycles. The highest BCUT2D eigenvalue weighted by Gasteiger charge is 2.17. The lowest BCUT2D eigenvalue weighted by atomic mass is 9.90. The van der Waals surface area contributed by atoms with Crippen LogP contribution in [-0.4, -0.2) is 12.8 Å². The van der Waals surface area contributed by atoms with E-state index in [2.05, 4.69) is 16.4 Å². The van der Waals surface area contributed by atoms with E-state index < -0.39 is 0 Å². The Bertz CT molecular complexity index is 851. The summed E-state index contributed by atoms with van der Waals surface area (Å²) in [5.74, 6) is 0.632. The molecular weight excluding hydrogens is 333 g/mol. The maximum Gasteiger partial charge on any atom is 0.193 e. The predicted molar refractivity (Wildman–Crippen MR) is 98.7 cm³/mol. The van der Waals surface area contributed by atoms with Crippen LogP contribution in [0.15, 0.2) is 35.3 Å². The topological polar surface area (TPSA) is 68.9 Å². The van der Waals surface area contributed by atoms with Gasteiger partial charge in [0.1, 0.15) is 11.6 Å². The second kappa shape index (κ2) is 7.33. The van der Waals surface area contributed by atoms with Crippen LogP contribution in [0.2, 0.25) is 0 Å². The number of rotatable bonds is 3. The fraction of sp³-hybridized carbons (Fsp3) is 0.350. The average Bonchev–Trinajstić information content (AvgIpc) is 2.66. The van der Waals surface area contributed by atoms with Crippen molar-refractivity contribution >= 4 is 11.6 Å². The zero-order valence-corrected chi connectivity index (χ0v) is 14.6. The average molecular weight is 355 g/mol. The molecule has 0 unspecified atom stereocenters. The summed E-state index contributed by atoms with van der Waals surface area (Å²) in [5.41, 5.74) is 11.2. The molecule has 0 radical (unpaired) electrons. The van der Waals surface area contributed by atoms with Gasteiger partial charge in [0.25, 0.3) is 0 Å². The molecule has 0 atom stereocenters. The van der Waals surface area contributed by atoms with Crippen LogP contribution in [0.25, 0.3) is 0 Å². The first-order chi connectivity index (χ1) is 12.7. The third kappa shape index (κ3) is 3.51. The van der Waals surface area contributed by atoms with Crippen LogP contribution >= 0.6 is 0 Å². The number of guanidine groups is 1. The first kappa shape index (κ1) is 16.8. The van der Waals surface area contributed by atoms with Crippen LogP contribution in [-0.2, 0) is 30.7 Å². The fourth-order valence-corrected chi connectivity index (χ4v) is 3.62. The number of nitrogens with one attached hydrogen (secondary N) is 1. The highest BCUT2D eigenvalue weighted by Crippen LogP contribution is 2.30. The number of hydrogen-bond acceptors (Lipinski definition) is 3. The van der Waals surface area contributed by atoms with Gasteiger partial charge in [-0.2, -0.15) is 0 Å². The number of benzene rings is 2. The van der Waals surface area contributed by atoms with E-state index in [1.54, 1.807) is 0 Å². The minimum atomic E-state index is -0.327. The van der Waals surface area contributed by atoms with E-state index in [9.17, 15) is 4.39 Å². The SMILES string of the molecule is NC(=NCc1cc(F)cc2c1OCOC2)Nc1cccc2c1CCCC2. The number of fused-ring (bicyclic) bond motifs is 2. The van der Waals surface area contributed by atoms with Gasteiger partial charge in [-0.1, -0.05) is 12.1 Å². The molecule has 1 heterocycles. The van der Waals surface area contributed by atoms with Crippen molar-refractivity contribution in [1.82, 2.24) is 0 Å². The summed E-state index contributed by atoms with van der Waals surface area (Å²) in [6.07, 6.45) is 4.58. The second-order valence-corrected chi connectivity index (χ2v) is 6.64. The molecule has 0 spiro atoms. The molecule has 2 aromatic carbocycles.